The molecule has 0 radical (unpaired) electrons. The highest BCUT2D eigenvalue weighted by Gasteiger charge is 2.40. The van der Waals surface area contributed by atoms with Crippen molar-refractivity contribution in [3.8, 4) is 0 Å². The zero-order chi connectivity index (χ0) is 13.1. The molecule has 0 bridgehead atoms. The Labute approximate surface area is 100 Å². The number of hydrogen-bond donors (Lipinski definition) is 2. The fraction of sp³-hybridized carbons (Fsp3) is 0.923. The van der Waals surface area contributed by atoms with Crippen molar-refractivity contribution in [2.24, 2.45) is 17.1 Å². The molecule has 0 heterocycles. The molecule has 3 nitrogen and oxygen atoms in total. The van der Waals surface area contributed by atoms with E-state index in [0.717, 1.165) is 6.42 Å². The number of nitrogens with one attached hydrogen (secondary N) is 1. The van der Waals surface area contributed by atoms with Crippen LogP contribution in [0.5, 0.6) is 0 Å². The normalized spacial score (nSPS) is 16.8. The summed E-state index contributed by atoms with van der Waals surface area (Å²) in [5.41, 5.74) is 4.96. The second-order valence-corrected chi connectivity index (χ2v) is 5.99. The average molecular weight is 228 g/mol. The van der Waals surface area contributed by atoms with Crippen molar-refractivity contribution in [3.05, 3.63) is 0 Å². The summed E-state index contributed by atoms with van der Waals surface area (Å²) in [6.45, 7) is 13.9. The summed E-state index contributed by atoms with van der Waals surface area (Å²) in [6.07, 6.45) is 1.06. The molecular weight excluding hydrogens is 200 g/mol. The summed E-state index contributed by atoms with van der Waals surface area (Å²) in [6, 6.07) is 0.194. The maximum absolute atomic E-state index is 12.2. The van der Waals surface area contributed by atoms with Gasteiger partial charge in [-0.25, -0.2) is 0 Å². The third kappa shape index (κ3) is 3.48. The Morgan fingerprint density at radius 3 is 2.00 bits per heavy atom. The molecule has 2 atom stereocenters. The molecule has 0 spiro atoms. The van der Waals surface area contributed by atoms with Gasteiger partial charge in [0.05, 0.1) is 5.41 Å². The number of rotatable bonds is 5. The quantitative estimate of drug-likeness (QED) is 0.758. The van der Waals surface area contributed by atoms with Gasteiger partial charge in [0, 0.05) is 11.6 Å². The highest BCUT2D eigenvalue weighted by Crippen LogP contribution is 2.28. The van der Waals surface area contributed by atoms with Crippen LogP contribution < -0.4 is 11.1 Å². The summed E-state index contributed by atoms with van der Waals surface area (Å²) >= 11 is 0. The Morgan fingerprint density at radius 2 is 1.69 bits per heavy atom. The summed E-state index contributed by atoms with van der Waals surface area (Å²) < 4.78 is 0. The fourth-order valence-corrected chi connectivity index (χ4v) is 1.18. The molecule has 0 aliphatic carbocycles. The van der Waals surface area contributed by atoms with E-state index in [9.17, 15) is 4.79 Å². The molecule has 0 aromatic heterocycles. The number of nitrogens with two attached hydrogens (primary N) is 1. The maximum atomic E-state index is 12.2. The Kier molecular flexibility index (Phi) is 4.99. The molecule has 16 heavy (non-hydrogen) atoms. The van der Waals surface area contributed by atoms with E-state index in [0.29, 0.717) is 5.92 Å². The van der Waals surface area contributed by atoms with Crippen molar-refractivity contribution in [3.63, 3.8) is 0 Å². The van der Waals surface area contributed by atoms with Gasteiger partial charge >= 0.3 is 0 Å². The molecule has 1 amide bonds. The molecule has 0 aliphatic heterocycles. The summed E-state index contributed by atoms with van der Waals surface area (Å²) in [4.78, 5) is 12.2. The largest absolute Gasteiger partial charge is 0.353 e. The lowest BCUT2D eigenvalue weighted by Gasteiger charge is -2.38. The monoisotopic (exact) mass is 228 g/mol. The predicted octanol–water partition coefficient (Wildman–Crippen LogP) is 2.30. The van der Waals surface area contributed by atoms with Crippen LogP contribution in [0.25, 0.3) is 0 Å². The first-order valence-corrected chi connectivity index (χ1v) is 6.13. The smallest absolute Gasteiger partial charge is 0.227 e. The van der Waals surface area contributed by atoms with Crippen LogP contribution >= 0.6 is 0 Å². The van der Waals surface area contributed by atoms with E-state index in [-0.39, 0.29) is 11.9 Å². The summed E-state index contributed by atoms with van der Waals surface area (Å²) in [5, 5.41) is 3.06. The molecule has 0 fully saturated rings. The first-order valence-electron chi connectivity index (χ1n) is 6.13. The van der Waals surface area contributed by atoms with Crippen LogP contribution in [0.3, 0.4) is 0 Å². The molecule has 0 aromatic carbocycles. The van der Waals surface area contributed by atoms with Gasteiger partial charge in [-0.3, -0.25) is 4.79 Å². The Balaban J connectivity index is 4.59. The van der Waals surface area contributed by atoms with Gasteiger partial charge in [0.1, 0.15) is 0 Å². The lowest BCUT2D eigenvalue weighted by Crippen LogP contribution is -2.57. The Hall–Kier alpha value is -0.570. The lowest BCUT2D eigenvalue weighted by molar-refractivity contribution is -0.133. The van der Waals surface area contributed by atoms with Crippen molar-refractivity contribution in [1.82, 2.24) is 5.32 Å². The van der Waals surface area contributed by atoms with Crippen molar-refractivity contribution in [2.45, 2.75) is 66.5 Å². The van der Waals surface area contributed by atoms with E-state index in [1.807, 2.05) is 34.6 Å². The van der Waals surface area contributed by atoms with Crippen molar-refractivity contribution in [2.75, 3.05) is 0 Å². The standard InChI is InChI=1S/C13H28N2O/c1-8-9(2)10(3)15-11(16)12(4,5)13(6,7)14/h9-10H,8,14H2,1-7H3,(H,15,16). The van der Waals surface area contributed by atoms with Crippen molar-refractivity contribution >= 4 is 5.91 Å². The molecule has 2 unspecified atom stereocenters. The van der Waals surface area contributed by atoms with E-state index in [1.165, 1.54) is 0 Å². The first-order chi connectivity index (χ1) is 7.04. The van der Waals surface area contributed by atoms with E-state index < -0.39 is 11.0 Å². The van der Waals surface area contributed by atoms with Gasteiger partial charge < -0.3 is 11.1 Å². The molecule has 0 saturated heterocycles. The van der Waals surface area contributed by atoms with Crippen LogP contribution in [-0.4, -0.2) is 17.5 Å². The van der Waals surface area contributed by atoms with E-state index in [4.69, 9.17) is 5.73 Å². The predicted molar refractivity (Wildman–Crippen MR) is 69.1 cm³/mol. The van der Waals surface area contributed by atoms with E-state index in [1.54, 1.807) is 0 Å². The minimum absolute atomic E-state index is 0.0350. The maximum Gasteiger partial charge on any atom is 0.227 e. The van der Waals surface area contributed by atoms with Gasteiger partial charge in [0.25, 0.3) is 0 Å². The first kappa shape index (κ1) is 15.4. The molecule has 3 heteroatoms. The zero-order valence-corrected chi connectivity index (χ0v) is 11.8. The summed E-state index contributed by atoms with van der Waals surface area (Å²) in [7, 11) is 0. The number of carbonyl (C=O) groups is 1. The minimum Gasteiger partial charge on any atom is -0.353 e. The van der Waals surface area contributed by atoms with Gasteiger partial charge in [-0.15, -0.1) is 0 Å². The van der Waals surface area contributed by atoms with Gasteiger partial charge in [0.2, 0.25) is 5.91 Å². The summed E-state index contributed by atoms with van der Waals surface area (Å²) in [5.74, 6) is 0.522. The Morgan fingerprint density at radius 1 is 1.25 bits per heavy atom. The van der Waals surface area contributed by atoms with Crippen LogP contribution in [0.2, 0.25) is 0 Å². The van der Waals surface area contributed by atoms with Crippen molar-refractivity contribution in [1.29, 1.82) is 0 Å². The number of hydrogen-bond acceptors (Lipinski definition) is 2. The molecular formula is C13H28N2O. The zero-order valence-electron chi connectivity index (χ0n) is 11.8. The molecule has 3 N–H and O–H groups in total. The minimum atomic E-state index is -0.561. The SMILES string of the molecule is CCC(C)C(C)NC(=O)C(C)(C)C(C)(C)N. The van der Waals surface area contributed by atoms with Gasteiger partial charge in [0.15, 0.2) is 0 Å². The fourth-order valence-electron chi connectivity index (χ4n) is 1.18. The molecule has 96 valence electrons. The van der Waals surface area contributed by atoms with E-state index in [2.05, 4.69) is 19.2 Å². The number of amides is 1. The Bertz CT molecular complexity index is 241. The second-order valence-electron chi connectivity index (χ2n) is 5.99. The average Bonchev–Trinajstić information content (AvgIpc) is 2.14. The van der Waals surface area contributed by atoms with E-state index >= 15 is 0 Å². The van der Waals surface area contributed by atoms with Crippen LogP contribution in [0, 0.1) is 11.3 Å². The highest BCUT2D eigenvalue weighted by molar-refractivity contribution is 5.83. The van der Waals surface area contributed by atoms with Gasteiger partial charge in [-0.05, 0) is 40.5 Å². The van der Waals surface area contributed by atoms with Crippen molar-refractivity contribution < 1.29 is 4.79 Å². The van der Waals surface area contributed by atoms with Crippen LogP contribution in [-0.2, 0) is 4.79 Å². The molecule has 0 saturated carbocycles. The topological polar surface area (TPSA) is 55.1 Å². The lowest BCUT2D eigenvalue weighted by atomic mass is 9.74. The molecule has 0 rings (SSSR count). The third-order valence-corrected chi connectivity index (χ3v) is 4.03. The number of carbonyl (C=O) groups excluding carboxylic acids is 1. The van der Waals surface area contributed by atoms with Crippen LogP contribution in [0.1, 0.15) is 54.9 Å². The third-order valence-electron chi connectivity index (χ3n) is 4.03. The molecule has 0 aliphatic rings. The van der Waals surface area contributed by atoms with Crippen LogP contribution in [0.15, 0.2) is 0 Å². The highest BCUT2D eigenvalue weighted by atomic mass is 16.2. The van der Waals surface area contributed by atoms with Crippen LogP contribution in [0.4, 0.5) is 0 Å². The van der Waals surface area contributed by atoms with Gasteiger partial charge in [-0.1, -0.05) is 20.3 Å². The molecule has 0 aromatic rings. The second kappa shape index (κ2) is 5.17. The van der Waals surface area contributed by atoms with Gasteiger partial charge in [-0.2, -0.15) is 0 Å².